The van der Waals surface area contributed by atoms with Crippen LogP contribution in [0.5, 0.6) is 0 Å². The molecule has 2 fully saturated rings. The van der Waals surface area contributed by atoms with Crippen LogP contribution in [0.3, 0.4) is 0 Å². The van der Waals surface area contributed by atoms with Gasteiger partial charge >= 0.3 is 12.2 Å². The molecule has 0 bridgehead atoms. The van der Waals surface area contributed by atoms with Crippen LogP contribution >= 0.6 is 15.9 Å². The fourth-order valence-electron chi connectivity index (χ4n) is 5.85. The fourth-order valence-corrected chi connectivity index (χ4v) is 6.36. The topological polar surface area (TPSA) is 91.9 Å². The monoisotopic (exact) mass is 732 g/mol. The van der Waals surface area contributed by atoms with Crippen molar-refractivity contribution in [3.05, 3.63) is 89.4 Å². The van der Waals surface area contributed by atoms with E-state index in [0.29, 0.717) is 0 Å². The Labute approximate surface area is 300 Å². The van der Waals surface area contributed by atoms with Crippen molar-refractivity contribution in [3.8, 4) is 0 Å². The van der Waals surface area contributed by atoms with Gasteiger partial charge in [-0.1, -0.05) is 88.7 Å². The number of hydrogen-bond donors (Lipinski definition) is 3. The van der Waals surface area contributed by atoms with Gasteiger partial charge in [0.2, 0.25) is 0 Å². The van der Waals surface area contributed by atoms with Gasteiger partial charge in [0.25, 0.3) is 0 Å². The first kappa shape index (κ1) is 38.0. The number of nitrogens with zero attached hydrogens (tertiary/aromatic N) is 1. The number of piperidine rings is 2. The van der Waals surface area contributed by atoms with Crippen molar-refractivity contribution in [2.24, 2.45) is 0 Å². The van der Waals surface area contributed by atoms with E-state index in [1.165, 1.54) is 27.2 Å². The van der Waals surface area contributed by atoms with Gasteiger partial charge in [-0.2, -0.15) is 0 Å². The van der Waals surface area contributed by atoms with Crippen molar-refractivity contribution in [1.82, 2.24) is 16.0 Å². The standard InChI is InChI=1S/C20H26N2O2.C10H7Br.C10H20N2O2/c1-20(2,3)24-19(23)21-16-11-13-22(14-12-16)18-10-6-8-15-7-4-5-9-17(15)18;11-10-7-3-5-8-4-1-2-6-9(8)10;1-10(2,3)14-9(13)12-8-4-6-11-7-5-8/h4-10,16H,11-14H2,1-3H3,(H,21,23);1-7H;8,11H,4-7H2,1-3H3,(H,12,13). The van der Waals surface area contributed by atoms with Crippen LogP contribution < -0.4 is 20.9 Å². The molecule has 0 spiro atoms. The third-order valence-corrected chi connectivity index (χ3v) is 8.81. The number of carbonyl (C=O) groups is 2. The predicted octanol–water partition coefficient (Wildman–Crippen LogP) is 9.20. The van der Waals surface area contributed by atoms with Gasteiger partial charge in [0.05, 0.1) is 0 Å². The number of nitrogens with one attached hydrogen (secondary N) is 3. The van der Waals surface area contributed by atoms with Crippen LogP contribution in [0.2, 0.25) is 0 Å². The first-order valence-corrected chi connectivity index (χ1v) is 18.1. The molecule has 2 amide bonds. The zero-order valence-corrected chi connectivity index (χ0v) is 31.4. The van der Waals surface area contributed by atoms with E-state index in [4.69, 9.17) is 9.47 Å². The second-order valence-electron chi connectivity index (χ2n) is 14.5. The summed E-state index contributed by atoms with van der Waals surface area (Å²) in [6, 6.07) is 29.9. The summed E-state index contributed by atoms with van der Waals surface area (Å²) in [5.41, 5.74) is 0.425. The third-order valence-electron chi connectivity index (χ3n) is 8.12. The van der Waals surface area contributed by atoms with Gasteiger partial charge in [-0.05, 0) is 109 Å². The Morgan fingerprint density at radius 3 is 1.63 bits per heavy atom. The molecule has 3 N–H and O–H groups in total. The van der Waals surface area contributed by atoms with E-state index in [2.05, 4.69) is 110 Å². The molecule has 4 aromatic rings. The normalized spacial score (nSPS) is 15.7. The number of ether oxygens (including phenoxy) is 2. The smallest absolute Gasteiger partial charge is 0.407 e. The minimum absolute atomic E-state index is 0.186. The fraction of sp³-hybridized carbons (Fsp3) is 0.450. The molecule has 0 aliphatic carbocycles. The zero-order chi connectivity index (χ0) is 35.4. The van der Waals surface area contributed by atoms with E-state index in [1.54, 1.807) is 0 Å². The van der Waals surface area contributed by atoms with Crippen LogP contribution in [0.1, 0.15) is 67.2 Å². The molecule has 264 valence electrons. The largest absolute Gasteiger partial charge is 0.444 e. The molecule has 2 heterocycles. The van der Waals surface area contributed by atoms with Gasteiger partial charge in [0.15, 0.2) is 0 Å². The molecule has 2 aliphatic heterocycles. The number of hydrogen-bond acceptors (Lipinski definition) is 6. The minimum atomic E-state index is -0.451. The lowest BCUT2D eigenvalue weighted by atomic mass is 10.0. The Morgan fingerprint density at radius 2 is 1.10 bits per heavy atom. The summed E-state index contributed by atoms with van der Waals surface area (Å²) in [5, 5.41) is 14.2. The van der Waals surface area contributed by atoms with Crippen LogP contribution in [0, 0.1) is 0 Å². The molecule has 0 unspecified atom stereocenters. The summed E-state index contributed by atoms with van der Waals surface area (Å²) in [4.78, 5) is 25.7. The summed E-state index contributed by atoms with van der Waals surface area (Å²) in [5.74, 6) is 0. The van der Waals surface area contributed by atoms with Crippen LogP contribution in [0.15, 0.2) is 89.4 Å². The number of carbonyl (C=O) groups excluding carboxylic acids is 2. The Kier molecular flexibility index (Phi) is 13.7. The van der Waals surface area contributed by atoms with Gasteiger partial charge in [0.1, 0.15) is 11.2 Å². The van der Waals surface area contributed by atoms with E-state index < -0.39 is 11.2 Å². The molecular formula is C40H53BrN4O4. The Bertz CT molecular complexity index is 1640. The molecule has 4 aromatic carbocycles. The SMILES string of the molecule is Brc1cccc2ccccc12.CC(C)(C)OC(=O)NC1CCN(c2cccc3ccccc23)CC1.CC(C)(C)OC(=O)NC1CCNCC1. The van der Waals surface area contributed by atoms with Crippen LogP contribution in [0.4, 0.5) is 15.3 Å². The summed E-state index contributed by atoms with van der Waals surface area (Å²) >= 11 is 3.50. The van der Waals surface area contributed by atoms with Crippen molar-refractivity contribution < 1.29 is 19.1 Å². The average Bonchev–Trinajstić information content (AvgIpc) is 3.04. The lowest BCUT2D eigenvalue weighted by Crippen LogP contribution is -2.46. The molecule has 0 radical (unpaired) electrons. The van der Waals surface area contributed by atoms with Crippen molar-refractivity contribution in [1.29, 1.82) is 0 Å². The molecule has 49 heavy (non-hydrogen) atoms. The van der Waals surface area contributed by atoms with Gasteiger partial charge < -0.3 is 30.3 Å². The maximum absolute atomic E-state index is 11.9. The number of anilines is 1. The number of fused-ring (bicyclic) bond motifs is 2. The van der Waals surface area contributed by atoms with E-state index >= 15 is 0 Å². The Balaban J connectivity index is 0.000000183. The average molecular weight is 734 g/mol. The summed E-state index contributed by atoms with van der Waals surface area (Å²) in [7, 11) is 0. The van der Waals surface area contributed by atoms with E-state index in [1.807, 2.05) is 53.7 Å². The van der Waals surface area contributed by atoms with Crippen molar-refractivity contribution in [3.63, 3.8) is 0 Å². The van der Waals surface area contributed by atoms with E-state index in [9.17, 15) is 9.59 Å². The van der Waals surface area contributed by atoms with Gasteiger partial charge in [-0.3, -0.25) is 0 Å². The minimum Gasteiger partial charge on any atom is -0.444 e. The summed E-state index contributed by atoms with van der Waals surface area (Å²) < 4.78 is 11.7. The van der Waals surface area contributed by atoms with Gasteiger partial charge in [-0.25, -0.2) is 9.59 Å². The van der Waals surface area contributed by atoms with Crippen molar-refractivity contribution >= 4 is 55.3 Å². The highest BCUT2D eigenvalue weighted by Gasteiger charge is 2.24. The van der Waals surface area contributed by atoms with Crippen LogP contribution in [-0.4, -0.2) is 61.7 Å². The predicted molar refractivity (Wildman–Crippen MR) is 205 cm³/mol. The number of alkyl carbamates (subject to hydrolysis) is 2. The first-order chi connectivity index (χ1) is 23.3. The molecular weight excluding hydrogens is 680 g/mol. The lowest BCUT2D eigenvalue weighted by molar-refractivity contribution is 0.0484. The van der Waals surface area contributed by atoms with Crippen LogP contribution in [0.25, 0.3) is 21.5 Å². The van der Waals surface area contributed by atoms with E-state index in [0.717, 1.165) is 56.3 Å². The zero-order valence-electron chi connectivity index (χ0n) is 29.9. The highest BCUT2D eigenvalue weighted by atomic mass is 79.9. The second-order valence-corrected chi connectivity index (χ2v) is 15.4. The number of halogens is 1. The number of amides is 2. The molecule has 8 nitrogen and oxygen atoms in total. The third kappa shape index (κ3) is 12.9. The highest BCUT2D eigenvalue weighted by molar-refractivity contribution is 9.10. The molecule has 0 saturated carbocycles. The lowest BCUT2D eigenvalue weighted by Gasteiger charge is -2.35. The molecule has 2 aliphatic rings. The van der Waals surface area contributed by atoms with Gasteiger partial charge in [0, 0.05) is 40.7 Å². The number of rotatable bonds is 3. The first-order valence-electron chi connectivity index (χ1n) is 17.3. The maximum atomic E-state index is 11.9. The molecule has 0 atom stereocenters. The Morgan fingerprint density at radius 1 is 0.653 bits per heavy atom. The van der Waals surface area contributed by atoms with Crippen molar-refractivity contribution in [2.45, 2.75) is 90.5 Å². The number of benzene rings is 4. The quantitative estimate of drug-likeness (QED) is 0.195. The van der Waals surface area contributed by atoms with E-state index in [-0.39, 0.29) is 24.3 Å². The Hall–Kier alpha value is -3.82. The highest BCUT2D eigenvalue weighted by Crippen LogP contribution is 2.29. The maximum Gasteiger partial charge on any atom is 0.407 e. The van der Waals surface area contributed by atoms with Crippen molar-refractivity contribution in [2.75, 3.05) is 31.1 Å². The molecule has 6 rings (SSSR count). The summed E-state index contributed by atoms with van der Waals surface area (Å²) in [6.45, 7) is 15.1. The molecule has 2 saturated heterocycles. The van der Waals surface area contributed by atoms with Crippen LogP contribution in [-0.2, 0) is 9.47 Å². The van der Waals surface area contributed by atoms with Gasteiger partial charge in [-0.15, -0.1) is 0 Å². The molecule has 9 heteroatoms. The molecule has 0 aromatic heterocycles. The second kappa shape index (κ2) is 17.7. The summed E-state index contributed by atoms with van der Waals surface area (Å²) in [6.07, 6.45) is 3.22.